The lowest BCUT2D eigenvalue weighted by Crippen LogP contribution is -2.44. The molecule has 4 rings (SSSR count). The van der Waals surface area contributed by atoms with Crippen LogP contribution in [0.5, 0.6) is 5.88 Å². The number of halogens is 3. The van der Waals surface area contributed by atoms with Crippen LogP contribution in [-0.2, 0) is 17.5 Å². The van der Waals surface area contributed by atoms with E-state index in [9.17, 15) is 22.8 Å². The fourth-order valence-electron chi connectivity index (χ4n) is 3.52. The Bertz CT molecular complexity index is 1210. The van der Waals surface area contributed by atoms with Crippen LogP contribution in [0.15, 0.2) is 42.9 Å². The van der Waals surface area contributed by atoms with Crippen molar-refractivity contribution in [2.24, 2.45) is 0 Å². The minimum atomic E-state index is -4.66. The number of hydrogen-bond acceptors (Lipinski definition) is 7. The lowest BCUT2D eigenvalue weighted by molar-refractivity contribution is -0.137. The van der Waals surface area contributed by atoms with E-state index < -0.39 is 36.0 Å². The van der Waals surface area contributed by atoms with Crippen LogP contribution in [0.25, 0.3) is 10.9 Å². The molecule has 3 amide bonds. The molecule has 1 N–H and O–H groups in total. The lowest BCUT2D eigenvalue weighted by Gasteiger charge is -2.20. The zero-order chi connectivity index (χ0) is 23.8. The van der Waals surface area contributed by atoms with Crippen LogP contribution < -0.4 is 10.1 Å². The number of imide groups is 1. The first-order chi connectivity index (χ1) is 15.7. The van der Waals surface area contributed by atoms with Crippen molar-refractivity contribution in [3.63, 3.8) is 0 Å². The molecule has 0 radical (unpaired) electrons. The Hall–Kier alpha value is -3.96. The van der Waals surface area contributed by atoms with E-state index in [1.165, 1.54) is 14.0 Å². The van der Waals surface area contributed by atoms with Crippen molar-refractivity contribution in [1.82, 2.24) is 25.2 Å². The van der Waals surface area contributed by atoms with Gasteiger partial charge in [-0.3, -0.25) is 9.97 Å². The van der Waals surface area contributed by atoms with E-state index in [2.05, 4.69) is 20.3 Å². The quantitative estimate of drug-likeness (QED) is 0.629. The maximum Gasteiger partial charge on any atom is 0.419 e. The maximum absolute atomic E-state index is 13.2. The Balaban J connectivity index is 1.53. The van der Waals surface area contributed by atoms with Crippen molar-refractivity contribution in [2.75, 3.05) is 7.11 Å². The molecule has 4 heterocycles. The maximum atomic E-state index is 13.2. The van der Waals surface area contributed by atoms with Gasteiger partial charge in [0.05, 0.1) is 29.9 Å². The highest BCUT2D eigenvalue weighted by atomic mass is 19.4. The second-order valence-electron chi connectivity index (χ2n) is 7.27. The third-order valence-corrected chi connectivity index (χ3v) is 5.16. The number of fused-ring (bicyclic) bond motifs is 1. The molecular weight excluding hydrogens is 443 g/mol. The summed E-state index contributed by atoms with van der Waals surface area (Å²) in [6, 6.07) is 3.38. The van der Waals surface area contributed by atoms with Gasteiger partial charge in [0.1, 0.15) is 0 Å². The van der Waals surface area contributed by atoms with E-state index in [0.29, 0.717) is 11.1 Å². The topological polar surface area (TPSA) is 107 Å². The van der Waals surface area contributed by atoms with Gasteiger partial charge in [-0.05, 0) is 25.1 Å². The highest BCUT2D eigenvalue weighted by Crippen LogP contribution is 2.37. The number of nitrogens with one attached hydrogen (secondary N) is 1. The summed E-state index contributed by atoms with van der Waals surface area (Å²) in [7, 11) is 1.17. The minimum absolute atomic E-state index is 0.0248. The number of pyridine rings is 3. The number of hydrogen-bond donors (Lipinski definition) is 1. The van der Waals surface area contributed by atoms with Gasteiger partial charge in [0.2, 0.25) is 5.88 Å². The number of ether oxygens (including phenoxy) is 2. The first-order valence-electron chi connectivity index (χ1n) is 9.77. The van der Waals surface area contributed by atoms with Gasteiger partial charge in [-0.15, -0.1) is 0 Å². The van der Waals surface area contributed by atoms with E-state index in [-0.39, 0.29) is 18.1 Å². The van der Waals surface area contributed by atoms with Gasteiger partial charge in [0.25, 0.3) is 0 Å². The molecule has 0 aromatic carbocycles. The van der Waals surface area contributed by atoms with Crippen LogP contribution in [0.3, 0.4) is 0 Å². The highest BCUT2D eigenvalue weighted by molar-refractivity contribution is 5.93. The molecule has 0 unspecified atom stereocenters. The van der Waals surface area contributed by atoms with Crippen LogP contribution in [0.1, 0.15) is 29.8 Å². The van der Waals surface area contributed by atoms with E-state index in [4.69, 9.17) is 9.47 Å². The van der Waals surface area contributed by atoms with Crippen LogP contribution in [0.4, 0.5) is 22.8 Å². The zero-order valence-electron chi connectivity index (χ0n) is 17.5. The van der Waals surface area contributed by atoms with Gasteiger partial charge in [0.15, 0.2) is 6.10 Å². The fraction of sp³-hybridized carbons (Fsp3) is 0.286. The summed E-state index contributed by atoms with van der Waals surface area (Å²) in [5.41, 5.74) is 0.0808. The second-order valence-corrected chi connectivity index (χ2v) is 7.27. The van der Waals surface area contributed by atoms with E-state index in [1.807, 2.05) is 6.07 Å². The Morgan fingerprint density at radius 3 is 2.82 bits per heavy atom. The van der Waals surface area contributed by atoms with E-state index >= 15 is 0 Å². The summed E-state index contributed by atoms with van der Waals surface area (Å²) >= 11 is 0. The molecule has 1 saturated heterocycles. The van der Waals surface area contributed by atoms with Crippen molar-refractivity contribution < 1.29 is 32.2 Å². The summed E-state index contributed by atoms with van der Waals surface area (Å²) in [6.45, 7) is 1.50. The number of methoxy groups -OCH3 is 1. The standard InChI is InChI=1S/C21H18F3N5O4/c1-11-18(15-6-14(21(22,23)24)7-16(28-15)32-2)33-20(31)29(11)19(30)27-10-13-9-25-8-12-4-3-5-26-17(12)13/h3-9,11,18H,10H2,1-2H3,(H,27,30)/t11-,18-/m0/s1. The molecule has 0 saturated carbocycles. The first-order valence-corrected chi connectivity index (χ1v) is 9.77. The van der Waals surface area contributed by atoms with Gasteiger partial charge in [-0.25, -0.2) is 19.5 Å². The molecule has 1 fully saturated rings. The average Bonchev–Trinajstić information content (AvgIpc) is 3.10. The molecule has 12 heteroatoms. The largest absolute Gasteiger partial charge is 0.481 e. The Morgan fingerprint density at radius 1 is 1.30 bits per heavy atom. The normalized spacial score (nSPS) is 18.3. The summed E-state index contributed by atoms with van der Waals surface area (Å²) in [5, 5.41) is 3.39. The SMILES string of the molecule is COc1cc(C(F)(F)F)cc([C@H]2OC(=O)N(C(=O)NCc3cncc4cccnc34)[C@H]2C)n1. The molecule has 33 heavy (non-hydrogen) atoms. The smallest absolute Gasteiger partial charge is 0.419 e. The predicted octanol–water partition coefficient (Wildman–Crippen LogP) is 3.84. The summed E-state index contributed by atoms with van der Waals surface area (Å²) in [6.07, 6.45) is -2.09. The number of aromatic nitrogens is 3. The number of rotatable bonds is 4. The number of amides is 3. The molecule has 1 aliphatic heterocycles. The molecule has 172 valence electrons. The molecule has 2 atom stereocenters. The van der Waals surface area contributed by atoms with Crippen molar-refractivity contribution >= 4 is 23.0 Å². The van der Waals surface area contributed by atoms with Gasteiger partial charge < -0.3 is 14.8 Å². The molecular formula is C21H18F3N5O4. The lowest BCUT2D eigenvalue weighted by atomic mass is 10.1. The van der Waals surface area contributed by atoms with E-state index in [1.54, 1.807) is 24.7 Å². The van der Waals surface area contributed by atoms with Crippen molar-refractivity contribution in [3.8, 4) is 5.88 Å². The second kappa shape index (κ2) is 8.52. The Kier molecular flexibility index (Phi) is 5.75. The summed E-state index contributed by atoms with van der Waals surface area (Å²) < 4.78 is 49.8. The third kappa shape index (κ3) is 4.36. The van der Waals surface area contributed by atoms with Crippen molar-refractivity contribution in [3.05, 3.63) is 59.7 Å². The summed E-state index contributed by atoms with van der Waals surface area (Å²) in [5.74, 6) is -0.290. The number of nitrogens with zero attached hydrogens (tertiary/aromatic N) is 4. The highest BCUT2D eigenvalue weighted by Gasteiger charge is 2.45. The number of carbonyl (C=O) groups is 2. The Morgan fingerprint density at radius 2 is 2.09 bits per heavy atom. The molecule has 1 aliphatic rings. The molecule has 9 nitrogen and oxygen atoms in total. The average molecular weight is 461 g/mol. The van der Waals surface area contributed by atoms with Crippen LogP contribution in [0, 0.1) is 0 Å². The van der Waals surface area contributed by atoms with Crippen molar-refractivity contribution in [2.45, 2.75) is 31.8 Å². The Labute approximate surface area is 185 Å². The number of alkyl halides is 3. The van der Waals surface area contributed by atoms with Gasteiger partial charge in [0, 0.05) is 42.2 Å². The third-order valence-electron chi connectivity index (χ3n) is 5.16. The molecule has 0 aliphatic carbocycles. The first kappa shape index (κ1) is 22.2. The summed E-state index contributed by atoms with van der Waals surface area (Å²) in [4.78, 5) is 38.3. The predicted molar refractivity (Wildman–Crippen MR) is 108 cm³/mol. The molecule has 0 spiro atoms. The monoisotopic (exact) mass is 461 g/mol. The van der Waals surface area contributed by atoms with Crippen LogP contribution in [-0.4, -0.2) is 45.1 Å². The number of urea groups is 1. The molecule has 0 bridgehead atoms. The fourth-order valence-corrected chi connectivity index (χ4v) is 3.52. The minimum Gasteiger partial charge on any atom is -0.481 e. The van der Waals surface area contributed by atoms with Crippen molar-refractivity contribution in [1.29, 1.82) is 0 Å². The van der Waals surface area contributed by atoms with Crippen LogP contribution >= 0.6 is 0 Å². The number of cyclic esters (lactones) is 1. The van der Waals surface area contributed by atoms with Crippen LogP contribution in [0.2, 0.25) is 0 Å². The van der Waals surface area contributed by atoms with Gasteiger partial charge in [-0.2, -0.15) is 13.2 Å². The molecule has 3 aromatic heterocycles. The van der Waals surface area contributed by atoms with Gasteiger partial charge >= 0.3 is 18.3 Å². The number of carbonyl (C=O) groups excluding carboxylic acids is 2. The van der Waals surface area contributed by atoms with E-state index in [0.717, 1.165) is 22.4 Å². The molecule has 3 aromatic rings. The zero-order valence-corrected chi connectivity index (χ0v) is 17.5. The van der Waals surface area contributed by atoms with Gasteiger partial charge in [-0.1, -0.05) is 0 Å².